The molecule has 0 aliphatic heterocycles. The molecule has 0 aliphatic rings. The van der Waals surface area contributed by atoms with E-state index in [0.717, 1.165) is 0 Å². The lowest BCUT2D eigenvalue weighted by Crippen LogP contribution is -2.55. The Kier molecular flexibility index (Phi) is 30.6. The first-order valence-electron chi connectivity index (χ1n) is 24.2. The van der Waals surface area contributed by atoms with E-state index in [2.05, 4.69) is 26.6 Å². The first kappa shape index (κ1) is 61.8. The fourth-order valence-corrected chi connectivity index (χ4v) is 6.76. The Morgan fingerprint density at radius 3 is 1.65 bits per heavy atom. The predicted molar refractivity (Wildman–Crippen MR) is 261 cm³/mol. The summed E-state index contributed by atoms with van der Waals surface area (Å²) < 4.78 is 27.5. The number of ketones is 2. The van der Waals surface area contributed by atoms with Crippen molar-refractivity contribution in [3.63, 3.8) is 0 Å². The van der Waals surface area contributed by atoms with Gasteiger partial charge in [0.1, 0.15) is 30.5 Å². The first-order chi connectivity index (χ1) is 32.6. The topological polar surface area (TPSA) is 272 Å². The first-order valence-corrected chi connectivity index (χ1v) is 24.2. The number of nitrogens with zero attached hydrogens (tertiary/aromatic N) is 1. The second kappa shape index (κ2) is 34.2. The number of amides is 7. The monoisotopic (exact) mass is 978 g/mol. The molecule has 0 radical (unpaired) electrons. The van der Waals surface area contributed by atoms with E-state index in [0.29, 0.717) is 70.2 Å². The highest BCUT2D eigenvalue weighted by Gasteiger charge is 2.35. The number of benzene rings is 1. The van der Waals surface area contributed by atoms with Crippen LogP contribution in [0.2, 0.25) is 0 Å². The maximum absolute atomic E-state index is 13.6. The van der Waals surface area contributed by atoms with E-state index in [-0.39, 0.29) is 80.4 Å². The van der Waals surface area contributed by atoms with Gasteiger partial charge in [-0.25, -0.2) is 9.59 Å². The van der Waals surface area contributed by atoms with E-state index < -0.39 is 59.9 Å². The molecule has 0 saturated heterocycles. The van der Waals surface area contributed by atoms with Crippen LogP contribution in [-0.2, 0) is 59.1 Å². The maximum Gasteiger partial charge on any atom is 0.410 e. The lowest BCUT2D eigenvalue weighted by molar-refractivity contribution is -0.133. The molecule has 0 fully saturated rings. The number of Topliss-reactive ketones (excluding diaryl/α,β-unsaturated/α-hetero) is 2. The van der Waals surface area contributed by atoms with Gasteiger partial charge in [-0.1, -0.05) is 81.4 Å². The number of hydrogen-bond donors (Lipinski definition) is 6. The van der Waals surface area contributed by atoms with Gasteiger partial charge in [-0.3, -0.25) is 33.7 Å². The van der Waals surface area contributed by atoms with Crippen molar-refractivity contribution in [1.29, 1.82) is 0 Å². The van der Waals surface area contributed by atoms with Gasteiger partial charge in [-0.15, -0.1) is 0 Å². The summed E-state index contributed by atoms with van der Waals surface area (Å²) in [6, 6.07) is 2.11. The Balaban J connectivity index is 2.70. The van der Waals surface area contributed by atoms with Crippen LogP contribution in [0.4, 0.5) is 15.3 Å². The molecule has 1 aromatic carbocycles. The molecule has 69 heavy (non-hydrogen) atoms. The summed E-state index contributed by atoms with van der Waals surface area (Å²) in [5.41, 5.74) is 6.17. The van der Waals surface area contributed by atoms with Gasteiger partial charge in [0.2, 0.25) is 23.6 Å². The van der Waals surface area contributed by atoms with E-state index >= 15 is 0 Å². The highest BCUT2D eigenvalue weighted by Crippen LogP contribution is 2.17. The zero-order valence-corrected chi connectivity index (χ0v) is 42.9. The minimum absolute atomic E-state index is 0.0178. The van der Waals surface area contributed by atoms with Crippen molar-refractivity contribution in [3.8, 4) is 0 Å². The van der Waals surface area contributed by atoms with Crippen LogP contribution in [-0.4, -0.2) is 143 Å². The smallest absolute Gasteiger partial charge is 0.410 e. The third kappa shape index (κ3) is 25.8. The standard InChI is InChI=1S/C49H83N7O13/c1-31(2)39(57)15-13-22-65-24-26-67-28-29-68-27-25-66-23-20-40(58)54-42(33(5)6)46(61)53-38(14-12-21-51-48(50)63)45(60)52-37-18-16-36(17-19-37)30-69-49(64)56(11)43(34(7)8)47(62)55-41(32(3)4)44(59)35(9)10/h16-19,31-35,38,41-43H,12-15,20-30H2,1-11H3,(H,52,60)(H,53,61)(H,54,58)(H,55,62)(H3,50,51,63)/t38-,41-,42-,43-/m0/s1. The molecule has 0 bridgehead atoms. The fraction of sp³-hybridized carbons (Fsp3) is 0.714. The highest BCUT2D eigenvalue weighted by molar-refractivity contribution is 5.98. The SMILES string of the molecule is CC(C)C(=O)CCCOCCOCCOCCOCCC(=O)N[C@H](C(=O)N[C@@H](CCCNC(N)=O)C(=O)Nc1ccc(COC(=O)N(C)[C@H](C(=O)N[C@H](C(=O)C(C)C)C(C)C)C(C)C)cc1)C(C)C. The van der Waals surface area contributed by atoms with Crippen molar-refractivity contribution in [2.75, 3.05) is 71.8 Å². The van der Waals surface area contributed by atoms with E-state index in [9.17, 15) is 38.4 Å². The normalized spacial score (nSPS) is 13.2. The van der Waals surface area contributed by atoms with Crippen LogP contribution in [0.3, 0.4) is 0 Å². The molecule has 4 atom stereocenters. The minimum atomic E-state index is -1.06. The summed E-state index contributed by atoms with van der Waals surface area (Å²) in [5, 5.41) is 13.6. The molecule has 0 aromatic heterocycles. The number of carbonyl (C=O) groups is 8. The quantitative estimate of drug-likeness (QED) is 0.0518. The number of likely N-dealkylation sites (N-methyl/N-ethyl adjacent to an activating group) is 1. The van der Waals surface area contributed by atoms with Crippen molar-refractivity contribution in [3.05, 3.63) is 29.8 Å². The lowest BCUT2D eigenvalue weighted by atomic mass is 9.92. The molecule has 7 amide bonds. The van der Waals surface area contributed by atoms with Crippen LogP contribution in [0.1, 0.15) is 107 Å². The van der Waals surface area contributed by atoms with Crippen LogP contribution >= 0.6 is 0 Å². The summed E-state index contributed by atoms with van der Waals surface area (Å²) in [6.07, 6.45) is 0.862. The average molecular weight is 978 g/mol. The van der Waals surface area contributed by atoms with Gasteiger partial charge in [0.15, 0.2) is 5.78 Å². The van der Waals surface area contributed by atoms with Crippen molar-refractivity contribution >= 4 is 53.0 Å². The lowest BCUT2D eigenvalue weighted by Gasteiger charge is -2.32. The Morgan fingerprint density at radius 2 is 1.14 bits per heavy atom. The number of carbonyl (C=O) groups excluding carboxylic acids is 8. The summed E-state index contributed by atoms with van der Waals surface area (Å²) in [6.45, 7) is 20.9. The molecular formula is C49H83N7O13. The molecule has 0 spiro atoms. The molecule has 0 heterocycles. The largest absolute Gasteiger partial charge is 0.445 e. The van der Waals surface area contributed by atoms with Crippen molar-refractivity contribution in [2.24, 2.45) is 35.3 Å². The van der Waals surface area contributed by atoms with Crippen LogP contribution in [0, 0.1) is 29.6 Å². The Morgan fingerprint density at radius 1 is 0.594 bits per heavy atom. The third-order valence-corrected chi connectivity index (χ3v) is 10.8. The Bertz CT molecular complexity index is 1740. The number of primary amides is 1. The van der Waals surface area contributed by atoms with Gasteiger partial charge in [-0.05, 0) is 54.7 Å². The minimum Gasteiger partial charge on any atom is -0.445 e. The van der Waals surface area contributed by atoms with Crippen LogP contribution in [0.5, 0.6) is 0 Å². The highest BCUT2D eigenvalue weighted by atomic mass is 16.6. The fourth-order valence-electron chi connectivity index (χ4n) is 6.76. The van der Waals surface area contributed by atoms with E-state index in [1.165, 1.54) is 11.9 Å². The maximum atomic E-state index is 13.6. The average Bonchev–Trinajstić information content (AvgIpc) is 3.28. The van der Waals surface area contributed by atoms with E-state index in [4.69, 9.17) is 29.4 Å². The predicted octanol–water partition coefficient (Wildman–Crippen LogP) is 4.12. The van der Waals surface area contributed by atoms with E-state index in [1.54, 1.807) is 65.8 Å². The number of ether oxygens (including phenoxy) is 5. The Labute approximate surface area is 409 Å². The van der Waals surface area contributed by atoms with Crippen LogP contribution in [0.15, 0.2) is 24.3 Å². The van der Waals surface area contributed by atoms with Crippen LogP contribution < -0.4 is 32.3 Å². The number of hydrogen-bond acceptors (Lipinski definition) is 13. The molecule has 20 nitrogen and oxygen atoms in total. The molecular weight excluding hydrogens is 895 g/mol. The summed E-state index contributed by atoms with van der Waals surface area (Å²) in [4.78, 5) is 103. The summed E-state index contributed by atoms with van der Waals surface area (Å²) in [5.74, 6) is -2.89. The number of nitrogens with two attached hydrogens (primary N) is 1. The van der Waals surface area contributed by atoms with Crippen molar-refractivity contribution < 1.29 is 62.0 Å². The second-order valence-electron chi connectivity index (χ2n) is 18.5. The zero-order valence-electron chi connectivity index (χ0n) is 42.9. The number of urea groups is 1. The molecule has 0 saturated carbocycles. The van der Waals surface area contributed by atoms with Crippen molar-refractivity contribution in [1.82, 2.24) is 26.2 Å². The number of nitrogens with one attached hydrogen (secondary N) is 5. The summed E-state index contributed by atoms with van der Waals surface area (Å²) in [7, 11) is 1.47. The van der Waals surface area contributed by atoms with E-state index in [1.807, 2.05) is 27.7 Å². The number of rotatable bonds is 36. The van der Waals surface area contributed by atoms with Crippen molar-refractivity contribution in [2.45, 2.75) is 132 Å². The molecule has 7 N–H and O–H groups in total. The van der Waals surface area contributed by atoms with Gasteiger partial charge in [0, 0.05) is 50.6 Å². The third-order valence-electron chi connectivity index (χ3n) is 10.8. The zero-order chi connectivity index (χ0) is 52.1. The van der Waals surface area contributed by atoms with Gasteiger partial charge < -0.3 is 56.0 Å². The van der Waals surface area contributed by atoms with Gasteiger partial charge >= 0.3 is 12.1 Å². The van der Waals surface area contributed by atoms with Gasteiger partial charge in [0.05, 0.1) is 52.3 Å². The summed E-state index contributed by atoms with van der Waals surface area (Å²) >= 11 is 0. The number of anilines is 1. The van der Waals surface area contributed by atoms with Gasteiger partial charge in [0.25, 0.3) is 0 Å². The van der Waals surface area contributed by atoms with Gasteiger partial charge in [-0.2, -0.15) is 0 Å². The molecule has 0 aliphatic carbocycles. The van der Waals surface area contributed by atoms with Crippen LogP contribution in [0.25, 0.3) is 0 Å². The molecule has 1 rings (SSSR count). The molecule has 392 valence electrons. The molecule has 20 heteroatoms. The molecule has 0 unspecified atom stereocenters. The molecule has 1 aromatic rings. The second-order valence-corrected chi connectivity index (χ2v) is 18.5. The Hall–Kier alpha value is -5.18.